The number of carbonyl (C=O) groups is 2. The highest BCUT2D eigenvalue weighted by molar-refractivity contribution is 5.97. The van der Waals surface area contributed by atoms with Crippen molar-refractivity contribution in [3.05, 3.63) is 58.1 Å². The van der Waals surface area contributed by atoms with Gasteiger partial charge in [0.2, 0.25) is 6.10 Å². The Kier molecular flexibility index (Phi) is 5.87. The molecule has 31 heavy (non-hydrogen) atoms. The molecule has 4 rings (SSSR count). The zero-order chi connectivity index (χ0) is 21.8. The molecule has 0 saturated carbocycles. The van der Waals surface area contributed by atoms with E-state index in [1.54, 1.807) is 30.3 Å². The minimum Gasteiger partial charge on any atom is -0.485 e. The van der Waals surface area contributed by atoms with E-state index in [-0.39, 0.29) is 17.9 Å². The first-order chi connectivity index (χ1) is 15.0. The van der Waals surface area contributed by atoms with Gasteiger partial charge in [0.05, 0.1) is 4.92 Å². The van der Waals surface area contributed by atoms with Crippen molar-refractivity contribution in [3.63, 3.8) is 0 Å². The van der Waals surface area contributed by atoms with Crippen LogP contribution in [0.3, 0.4) is 0 Å². The maximum atomic E-state index is 12.5. The molecule has 2 heterocycles. The molecule has 1 saturated heterocycles. The van der Waals surface area contributed by atoms with Gasteiger partial charge >= 0.3 is 0 Å². The monoisotopic (exact) mass is 426 g/mol. The van der Waals surface area contributed by atoms with E-state index in [0.29, 0.717) is 17.2 Å². The Morgan fingerprint density at radius 1 is 1.03 bits per heavy atom. The first-order valence-corrected chi connectivity index (χ1v) is 10.0. The van der Waals surface area contributed by atoms with E-state index in [9.17, 15) is 19.7 Å². The number of carbonyl (C=O) groups excluding carboxylic acids is 2. The average Bonchev–Trinajstić information content (AvgIpc) is 2.82. The minimum absolute atomic E-state index is 0.00524. The summed E-state index contributed by atoms with van der Waals surface area (Å²) in [7, 11) is 0. The zero-order valence-electron chi connectivity index (χ0n) is 16.7. The molecule has 1 fully saturated rings. The Bertz CT molecular complexity index is 1010. The van der Waals surface area contributed by atoms with Gasteiger partial charge in [-0.05, 0) is 43.5 Å². The fourth-order valence-corrected chi connectivity index (χ4v) is 3.63. The average molecular weight is 426 g/mol. The summed E-state index contributed by atoms with van der Waals surface area (Å²) in [6.45, 7) is 1.48. The summed E-state index contributed by atoms with van der Waals surface area (Å²) in [5, 5.41) is 11.6. The number of nitrogens with one attached hydrogen (secondary N) is 2. The predicted molar refractivity (Wildman–Crippen MR) is 111 cm³/mol. The van der Waals surface area contributed by atoms with Gasteiger partial charge in [0.25, 0.3) is 17.5 Å². The third-order valence-electron chi connectivity index (χ3n) is 5.23. The van der Waals surface area contributed by atoms with Crippen molar-refractivity contribution in [3.8, 4) is 11.5 Å². The molecule has 1 atom stereocenters. The lowest BCUT2D eigenvalue weighted by Crippen LogP contribution is -2.50. The normalized spacial score (nSPS) is 17.5. The van der Waals surface area contributed by atoms with Crippen molar-refractivity contribution in [1.29, 1.82) is 0 Å². The van der Waals surface area contributed by atoms with Gasteiger partial charge in [0.15, 0.2) is 11.5 Å². The summed E-state index contributed by atoms with van der Waals surface area (Å²) < 4.78 is 11.1. The van der Waals surface area contributed by atoms with E-state index >= 15 is 0 Å². The lowest BCUT2D eigenvalue weighted by Gasteiger charge is -2.28. The molecule has 2 aliphatic rings. The van der Waals surface area contributed by atoms with E-state index in [0.717, 1.165) is 32.4 Å². The van der Waals surface area contributed by atoms with Gasteiger partial charge in [-0.3, -0.25) is 30.6 Å². The van der Waals surface area contributed by atoms with Gasteiger partial charge in [0.1, 0.15) is 12.3 Å². The Balaban J connectivity index is 1.40. The molecule has 10 heteroatoms. The molecule has 2 aromatic carbocycles. The second-order valence-electron chi connectivity index (χ2n) is 7.32. The fourth-order valence-electron chi connectivity index (χ4n) is 3.63. The number of benzene rings is 2. The number of hydrogen-bond acceptors (Lipinski definition) is 7. The highest BCUT2D eigenvalue weighted by Crippen LogP contribution is 2.32. The molecule has 0 aromatic heterocycles. The van der Waals surface area contributed by atoms with Crippen LogP contribution in [0.4, 0.5) is 11.4 Å². The van der Waals surface area contributed by atoms with Crippen molar-refractivity contribution in [2.45, 2.75) is 25.4 Å². The number of nitrogens with zero attached hydrogens (tertiary/aromatic N) is 2. The number of nitro benzene ring substituents is 1. The maximum absolute atomic E-state index is 12.5. The number of rotatable bonds is 4. The quantitative estimate of drug-likeness (QED) is 0.567. The number of nitro groups is 1. The van der Waals surface area contributed by atoms with Crippen LogP contribution in [0.15, 0.2) is 42.5 Å². The van der Waals surface area contributed by atoms with Gasteiger partial charge < -0.3 is 14.4 Å². The van der Waals surface area contributed by atoms with Gasteiger partial charge in [-0.1, -0.05) is 12.1 Å². The molecule has 0 radical (unpaired) electrons. The second kappa shape index (κ2) is 8.90. The standard InChI is InChI=1S/C21H22N4O6/c26-20(22-23-21(27)19-13-30-17-6-2-3-7-18(17)31-19)14-8-9-15(16(12-14)25(28)29)24-10-4-1-5-11-24/h2-3,6-9,12,19H,1,4-5,10-11,13H2,(H,22,26)(H,23,27). The number of para-hydroxylation sites is 2. The second-order valence-corrected chi connectivity index (χ2v) is 7.32. The summed E-state index contributed by atoms with van der Waals surface area (Å²) in [6, 6.07) is 11.3. The van der Waals surface area contributed by atoms with Gasteiger partial charge in [-0.2, -0.15) is 0 Å². The number of piperidine rings is 1. The molecular weight excluding hydrogens is 404 g/mol. The number of hydrogen-bond donors (Lipinski definition) is 2. The minimum atomic E-state index is -0.939. The van der Waals surface area contributed by atoms with Crippen LogP contribution in [-0.4, -0.2) is 42.5 Å². The molecule has 2 amide bonds. The highest BCUT2D eigenvalue weighted by Gasteiger charge is 2.28. The Morgan fingerprint density at radius 2 is 1.77 bits per heavy atom. The lowest BCUT2D eigenvalue weighted by atomic mass is 10.1. The molecule has 2 aliphatic heterocycles. The third-order valence-corrected chi connectivity index (χ3v) is 5.23. The number of ether oxygens (including phenoxy) is 2. The molecule has 1 unspecified atom stereocenters. The number of hydrazine groups is 1. The molecule has 162 valence electrons. The van der Waals surface area contributed by atoms with Crippen LogP contribution < -0.4 is 25.2 Å². The van der Waals surface area contributed by atoms with Crippen molar-refractivity contribution in [2.24, 2.45) is 0 Å². The highest BCUT2D eigenvalue weighted by atomic mass is 16.6. The number of amides is 2. The van der Waals surface area contributed by atoms with Crippen molar-refractivity contribution < 1.29 is 24.0 Å². The van der Waals surface area contributed by atoms with Crippen LogP contribution in [0, 0.1) is 10.1 Å². The molecule has 0 spiro atoms. The summed E-state index contributed by atoms with van der Waals surface area (Å²) in [5.74, 6) is -0.290. The van der Waals surface area contributed by atoms with Gasteiger partial charge in [-0.25, -0.2) is 0 Å². The van der Waals surface area contributed by atoms with E-state index in [1.165, 1.54) is 12.1 Å². The summed E-state index contributed by atoms with van der Waals surface area (Å²) >= 11 is 0. The predicted octanol–water partition coefficient (Wildman–Crippen LogP) is 2.19. The molecule has 10 nitrogen and oxygen atoms in total. The van der Waals surface area contributed by atoms with Crippen molar-refractivity contribution in [1.82, 2.24) is 10.9 Å². The van der Waals surface area contributed by atoms with Crippen LogP contribution in [-0.2, 0) is 4.79 Å². The summed E-state index contributed by atoms with van der Waals surface area (Å²) in [6.07, 6.45) is 2.11. The topological polar surface area (TPSA) is 123 Å². The number of anilines is 1. The molecule has 2 aromatic rings. The smallest absolute Gasteiger partial charge is 0.293 e. The van der Waals surface area contributed by atoms with Crippen LogP contribution in [0.25, 0.3) is 0 Å². The van der Waals surface area contributed by atoms with E-state index in [1.807, 2.05) is 4.90 Å². The Morgan fingerprint density at radius 3 is 2.52 bits per heavy atom. The maximum Gasteiger partial charge on any atom is 0.293 e. The van der Waals surface area contributed by atoms with E-state index in [2.05, 4.69) is 10.9 Å². The first-order valence-electron chi connectivity index (χ1n) is 10.0. The van der Waals surface area contributed by atoms with E-state index < -0.39 is 22.8 Å². The largest absolute Gasteiger partial charge is 0.485 e. The Labute approximate surface area is 178 Å². The van der Waals surface area contributed by atoms with Crippen molar-refractivity contribution >= 4 is 23.2 Å². The lowest BCUT2D eigenvalue weighted by molar-refractivity contribution is -0.384. The molecule has 2 N–H and O–H groups in total. The fraction of sp³-hybridized carbons (Fsp3) is 0.333. The molecule has 0 bridgehead atoms. The Hall–Kier alpha value is -3.82. The summed E-state index contributed by atoms with van der Waals surface area (Å²) in [4.78, 5) is 37.8. The molecule has 0 aliphatic carbocycles. The van der Waals surface area contributed by atoms with Crippen LogP contribution >= 0.6 is 0 Å². The zero-order valence-corrected chi connectivity index (χ0v) is 16.7. The third kappa shape index (κ3) is 4.52. The van der Waals surface area contributed by atoms with Crippen LogP contribution in [0.1, 0.15) is 29.6 Å². The van der Waals surface area contributed by atoms with Gasteiger partial charge in [-0.15, -0.1) is 0 Å². The first kappa shape index (κ1) is 20.5. The van der Waals surface area contributed by atoms with Gasteiger partial charge in [0, 0.05) is 24.7 Å². The van der Waals surface area contributed by atoms with Crippen LogP contribution in [0.2, 0.25) is 0 Å². The number of fused-ring (bicyclic) bond motifs is 1. The van der Waals surface area contributed by atoms with Crippen LogP contribution in [0.5, 0.6) is 11.5 Å². The molecular formula is C21H22N4O6. The SMILES string of the molecule is O=C(NNC(=O)C1COc2ccccc2O1)c1ccc(N2CCCCC2)c([N+](=O)[O-])c1. The summed E-state index contributed by atoms with van der Waals surface area (Å²) in [5.41, 5.74) is 4.99. The van der Waals surface area contributed by atoms with Crippen molar-refractivity contribution in [2.75, 3.05) is 24.6 Å². The van der Waals surface area contributed by atoms with E-state index in [4.69, 9.17) is 9.47 Å².